The third kappa shape index (κ3) is 2.79. The van der Waals surface area contributed by atoms with E-state index in [4.69, 9.17) is 4.74 Å². The van der Waals surface area contributed by atoms with Crippen LogP contribution in [0.2, 0.25) is 0 Å². The second-order valence-electron chi connectivity index (χ2n) is 4.07. The highest BCUT2D eigenvalue weighted by molar-refractivity contribution is 7.86. The van der Waals surface area contributed by atoms with E-state index in [1.54, 1.807) is 0 Å². The van der Waals surface area contributed by atoms with E-state index < -0.39 is 15.1 Å². The van der Waals surface area contributed by atoms with Gasteiger partial charge in [-0.1, -0.05) is 0 Å². The van der Waals surface area contributed by atoms with Crippen LogP contribution in [0.3, 0.4) is 0 Å². The summed E-state index contributed by atoms with van der Waals surface area (Å²) in [6, 6.07) is 3.68. The molecule has 0 heterocycles. The molecule has 0 aliphatic heterocycles. The minimum Gasteiger partial charge on any atom is -0.495 e. The number of methoxy groups -OCH3 is 1. The third-order valence-electron chi connectivity index (χ3n) is 2.64. The van der Waals surface area contributed by atoms with Gasteiger partial charge >= 0.3 is 10.2 Å². The molecule has 1 aliphatic rings. The van der Waals surface area contributed by atoms with Crippen molar-refractivity contribution in [2.45, 2.75) is 17.7 Å². The first-order valence-corrected chi connectivity index (χ1v) is 6.73. The highest BCUT2D eigenvalue weighted by Crippen LogP contribution is 2.32. The Labute approximate surface area is 104 Å². The first-order chi connectivity index (χ1) is 8.41. The Bertz CT molecular complexity index is 581. The molecule has 0 atom stereocenters. The average molecular weight is 273 g/mol. The SMILES string of the molecule is COc1cc(NC(=O)C2CC2)ccc1S(=O)(=O)F. The van der Waals surface area contributed by atoms with E-state index in [0.717, 1.165) is 18.9 Å². The lowest BCUT2D eigenvalue weighted by Crippen LogP contribution is -2.13. The highest BCUT2D eigenvalue weighted by atomic mass is 32.3. The molecule has 0 bridgehead atoms. The van der Waals surface area contributed by atoms with Crippen LogP contribution >= 0.6 is 0 Å². The van der Waals surface area contributed by atoms with Gasteiger partial charge in [-0.2, -0.15) is 8.42 Å². The topological polar surface area (TPSA) is 72.5 Å². The van der Waals surface area contributed by atoms with Crippen LogP contribution in [0.25, 0.3) is 0 Å². The van der Waals surface area contributed by atoms with Crippen molar-refractivity contribution in [3.8, 4) is 5.75 Å². The molecule has 2 rings (SSSR count). The zero-order valence-electron chi connectivity index (χ0n) is 9.64. The summed E-state index contributed by atoms with van der Waals surface area (Å²) in [6.07, 6.45) is 1.72. The van der Waals surface area contributed by atoms with E-state index >= 15 is 0 Å². The Morgan fingerprint density at radius 2 is 2.11 bits per heavy atom. The van der Waals surface area contributed by atoms with Crippen molar-refractivity contribution < 1.29 is 21.8 Å². The monoisotopic (exact) mass is 273 g/mol. The summed E-state index contributed by atoms with van der Waals surface area (Å²) in [4.78, 5) is 11.0. The Balaban J connectivity index is 2.26. The minimum atomic E-state index is -4.83. The molecule has 0 spiro atoms. The molecular formula is C11H12FNO4S. The molecule has 7 heteroatoms. The van der Waals surface area contributed by atoms with Crippen molar-refractivity contribution >= 4 is 21.8 Å². The normalized spacial score (nSPS) is 15.2. The van der Waals surface area contributed by atoms with Gasteiger partial charge in [0.25, 0.3) is 0 Å². The van der Waals surface area contributed by atoms with Crippen LogP contribution < -0.4 is 10.1 Å². The molecular weight excluding hydrogens is 261 g/mol. The number of ether oxygens (including phenoxy) is 1. The number of halogens is 1. The van der Waals surface area contributed by atoms with Gasteiger partial charge in [-0.15, -0.1) is 3.89 Å². The minimum absolute atomic E-state index is 0.0283. The largest absolute Gasteiger partial charge is 0.495 e. The van der Waals surface area contributed by atoms with Crippen molar-refractivity contribution in [2.75, 3.05) is 12.4 Å². The summed E-state index contributed by atoms with van der Waals surface area (Å²) < 4.78 is 39.4. The van der Waals surface area contributed by atoms with E-state index in [1.807, 2.05) is 0 Å². The van der Waals surface area contributed by atoms with Crippen molar-refractivity contribution in [1.82, 2.24) is 0 Å². The van der Waals surface area contributed by atoms with Crippen LogP contribution in [0.5, 0.6) is 5.75 Å². The van der Waals surface area contributed by atoms with Gasteiger partial charge < -0.3 is 10.1 Å². The second-order valence-corrected chi connectivity index (χ2v) is 5.38. The van der Waals surface area contributed by atoms with E-state index in [1.165, 1.54) is 19.2 Å². The second kappa shape index (κ2) is 4.56. The van der Waals surface area contributed by atoms with E-state index in [0.29, 0.717) is 5.69 Å². The fraction of sp³-hybridized carbons (Fsp3) is 0.364. The van der Waals surface area contributed by atoms with Crippen molar-refractivity contribution in [3.63, 3.8) is 0 Å². The maximum atomic E-state index is 12.9. The molecule has 0 saturated heterocycles. The summed E-state index contributed by atoms with van der Waals surface area (Å²) in [5.74, 6) is -0.223. The third-order valence-corrected chi connectivity index (χ3v) is 3.50. The van der Waals surface area contributed by atoms with Gasteiger partial charge in [0.15, 0.2) is 0 Å². The average Bonchev–Trinajstić information content (AvgIpc) is 3.11. The summed E-state index contributed by atoms with van der Waals surface area (Å²) >= 11 is 0. The summed E-state index contributed by atoms with van der Waals surface area (Å²) in [7, 11) is -3.60. The van der Waals surface area contributed by atoms with E-state index in [-0.39, 0.29) is 17.6 Å². The van der Waals surface area contributed by atoms with Crippen LogP contribution in [0.15, 0.2) is 23.1 Å². The van der Waals surface area contributed by atoms with Crippen molar-refractivity contribution in [1.29, 1.82) is 0 Å². The van der Waals surface area contributed by atoms with Crippen LogP contribution in [-0.2, 0) is 15.0 Å². The maximum absolute atomic E-state index is 12.9. The molecule has 1 fully saturated rings. The van der Waals surface area contributed by atoms with Crippen molar-refractivity contribution in [2.24, 2.45) is 5.92 Å². The molecule has 0 unspecified atom stereocenters. The fourth-order valence-corrected chi connectivity index (χ4v) is 2.15. The van der Waals surface area contributed by atoms with Gasteiger partial charge in [-0.05, 0) is 25.0 Å². The standard InChI is InChI=1S/C11H12FNO4S/c1-17-9-6-8(13-11(14)7-2-3-7)4-5-10(9)18(12,15)16/h4-7H,2-3H2,1H3,(H,13,14). The van der Waals surface area contributed by atoms with Crippen LogP contribution in [-0.4, -0.2) is 21.4 Å². The molecule has 98 valence electrons. The van der Waals surface area contributed by atoms with E-state index in [9.17, 15) is 17.1 Å². The first kappa shape index (κ1) is 12.8. The molecule has 1 saturated carbocycles. The molecule has 1 aromatic carbocycles. The molecule has 1 aromatic rings. The number of rotatable bonds is 4. The summed E-state index contributed by atoms with van der Waals surface area (Å²) in [5, 5.41) is 2.62. The maximum Gasteiger partial charge on any atom is 0.335 e. The van der Waals surface area contributed by atoms with Gasteiger partial charge in [0.1, 0.15) is 10.6 Å². The number of carbonyl (C=O) groups excluding carboxylic acids is 1. The van der Waals surface area contributed by atoms with Gasteiger partial charge in [0.05, 0.1) is 7.11 Å². The lowest BCUT2D eigenvalue weighted by molar-refractivity contribution is -0.117. The van der Waals surface area contributed by atoms with Crippen LogP contribution in [0.4, 0.5) is 9.57 Å². The number of hydrogen-bond acceptors (Lipinski definition) is 4. The highest BCUT2D eigenvalue weighted by Gasteiger charge is 2.29. The zero-order chi connectivity index (χ0) is 13.3. The van der Waals surface area contributed by atoms with Gasteiger partial charge in [0.2, 0.25) is 5.91 Å². The summed E-state index contributed by atoms with van der Waals surface area (Å²) in [5.41, 5.74) is 0.385. The Hall–Kier alpha value is -1.63. The predicted octanol–water partition coefficient (Wildman–Crippen LogP) is 1.70. The molecule has 1 amide bonds. The number of hydrogen-bond donors (Lipinski definition) is 1. The van der Waals surface area contributed by atoms with Crippen LogP contribution in [0, 0.1) is 5.92 Å². The molecule has 1 aliphatic carbocycles. The number of amides is 1. The summed E-state index contributed by atoms with van der Waals surface area (Å²) in [6.45, 7) is 0. The fourth-order valence-electron chi connectivity index (χ4n) is 1.54. The van der Waals surface area contributed by atoms with Gasteiger partial charge in [-0.25, -0.2) is 0 Å². The lowest BCUT2D eigenvalue weighted by atomic mass is 10.3. The molecule has 1 N–H and O–H groups in total. The molecule has 0 radical (unpaired) electrons. The molecule has 18 heavy (non-hydrogen) atoms. The van der Waals surface area contributed by atoms with E-state index in [2.05, 4.69) is 5.32 Å². The van der Waals surface area contributed by atoms with Crippen molar-refractivity contribution in [3.05, 3.63) is 18.2 Å². The Morgan fingerprint density at radius 3 is 2.61 bits per heavy atom. The quantitative estimate of drug-likeness (QED) is 0.847. The predicted molar refractivity (Wildman–Crippen MR) is 62.6 cm³/mol. The van der Waals surface area contributed by atoms with Gasteiger partial charge in [-0.3, -0.25) is 4.79 Å². The van der Waals surface area contributed by atoms with Crippen LogP contribution in [0.1, 0.15) is 12.8 Å². The Morgan fingerprint density at radius 1 is 1.44 bits per heavy atom. The van der Waals surface area contributed by atoms with Gasteiger partial charge in [0, 0.05) is 17.7 Å². The zero-order valence-corrected chi connectivity index (χ0v) is 10.5. The first-order valence-electron chi connectivity index (χ1n) is 5.35. The smallest absolute Gasteiger partial charge is 0.335 e. The molecule has 0 aromatic heterocycles. The number of carbonyl (C=O) groups is 1. The number of benzene rings is 1. The Kier molecular flexibility index (Phi) is 3.25. The number of anilines is 1. The molecule has 5 nitrogen and oxygen atoms in total. The lowest BCUT2D eigenvalue weighted by Gasteiger charge is -2.09. The number of nitrogens with one attached hydrogen (secondary N) is 1.